The summed E-state index contributed by atoms with van der Waals surface area (Å²) in [6.45, 7) is 0.389. The van der Waals surface area contributed by atoms with Gasteiger partial charge in [-0.05, 0) is 36.8 Å². The summed E-state index contributed by atoms with van der Waals surface area (Å²) < 4.78 is 15.4. The van der Waals surface area contributed by atoms with Crippen molar-refractivity contribution in [2.24, 2.45) is 0 Å². The third kappa shape index (κ3) is 6.03. The Morgan fingerprint density at radius 3 is 2.67 bits per heavy atom. The molecule has 0 fully saturated rings. The second-order valence-corrected chi connectivity index (χ2v) is 5.76. The molecule has 1 unspecified atom stereocenters. The third-order valence-corrected chi connectivity index (χ3v) is 3.90. The molecule has 0 saturated heterocycles. The van der Waals surface area contributed by atoms with Crippen LogP contribution >= 0.6 is 0 Å². The van der Waals surface area contributed by atoms with E-state index in [4.69, 9.17) is 13.9 Å². The average Bonchev–Trinajstić information content (AvgIpc) is 3.23. The number of hydrogen-bond donors (Lipinski definition) is 3. The molecule has 1 heterocycles. The van der Waals surface area contributed by atoms with Crippen LogP contribution in [0, 0.1) is 0 Å². The number of furan rings is 1. The number of hydrogen-bond acceptors (Lipinski definition) is 6. The van der Waals surface area contributed by atoms with Gasteiger partial charge < -0.3 is 29.6 Å². The number of carbonyl (C=O) groups is 2. The molecule has 0 aliphatic heterocycles. The molecule has 2 aromatic rings. The zero-order chi connectivity index (χ0) is 19.6. The van der Waals surface area contributed by atoms with E-state index in [0.717, 1.165) is 0 Å². The number of methoxy groups -OCH3 is 2. The Kier molecular flexibility index (Phi) is 7.69. The highest BCUT2D eigenvalue weighted by atomic mass is 16.5. The topological polar surface area (TPSA) is 110 Å². The lowest BCUT2D eigenvalue weighted by molar-refractivity contribution is -0.121. The molecule has 1 atom stereocenters. The lowest BCUT2D eigenvalue weighted by Crippen LogP contribution is -2.30. The molecule has 0 spiro atoms. The maximum absolute atomic E-state index is 11.9. The number of aliphatic hydroxyl groups excluding tert-OH is 1. The van der Waals surface area contributed by atoms with Gasteiger partial charge in [0, 0.05) is 25.1 Å². The molecule has 0 bridgehead atoms. The molecule has 0 aliphatic rings. The summed E-state index contributed by atoms with van der Waals surface area (Å²) in [5.41, 5.74) is 0.530. The Balaban J connectivity index is 1.72. The number of ether oxygens (including phenoxy) is 2. The SMILES string of the molecule is COc1ccc(OC)c(C(O)CNC(=O)CCCNC(=O)c2ccco2)c1. The number of nitrogens with one attached hydrogen (secondary N) is 2. The first kappa shape index (κ1) is 20.3. The van der Waals surface area contributed by atoms with Crippen molar-refractivity contribution in [1.29, 1.82) is 0 Å². The van der Waals surface area contributed by atoms with E-state index in [1.54, 1.807) is 30.3 Å². The summed E-state index contributed by atoms with van der Waals surface area (Å²) in [5.74, 6) is 0.792. The van der Waals surface area contributed by atoms with Crippen molar-refractivity contribution >= 4 is 11.8 Å². The predicted molar refractivity (Wildman–Crippen MR) is 97.8 cm³/mol. The van der Waals surface area contributed by atoms with Crippen LogP contribution < -0.4 is 20.1 Å². The van der Waals surface area contributed by atoms with Gasteiger partial charge in [0.25, 0.3) is 5.91 Å². The number of benzene rings is 1. The number of carbonyl (C=O) groups excluding carboxylic acids is 2. The first-order valence-electron chi connectivity index (χ1n) is 8.53. The average molecular weight is 376 g/mol. The molecular weight excluding hydrogens is 352 g/mol. The summed E-state index contributed by atoms with van der Waals surface area (Å²) in [4.78, 5) is 23.6. The van der Waals surface area contributed by atoms with Crippen LogP contribution in [-0.4, -0.2) is 44.2 Å². The molecule has 8 heteroatoms. The monoisotopic (exact) mass is 376 g/mol. The fourth-order valence-corrected chi connectivity index (χ4v) is 2.45. The van der Waals surface area contributed by atoms with Crippen molar-refractivity contribution in [2.75, 3.05) is 27.3 Å². The van der Waals surface area contributed by atoms with Gasteiger partial charge in [0.2, 0.25) is 5.91 Å². The molecular formula is C19H24N2O6. The lowest BCUT2D eigenvalue weighted by atomic mass is 10.1. The van der Waals surface area contributed by atoms with E-state index in [9.17, 15) is 14.7 Å². The smallest absolute Gasteiger partial charge is 0.286 e. The molecule has 146 valence electrons. The maximum atomic E-state index is 11.9. The van der Waals surface area contributed by atoms with E-state index >= 15 is 0 Å². The Morgan fingerprint density at radius 1 is 1.19 bits per heavy atom. The minimum Gasteiger partial charge on any atom is -0.497 e. The normalized spacial score (nSPS) is 11.5. The van der Waals surface area contributed by atoms with E-state index < -0.39 is 6.10 Å². The van der Waals surface area contributed by atoms with E-state index in [1.807, 2.05) is 0 Å². The lowest BCUT2D eigenvalue weighted by Gasteiger charge is -2.16. The van der Waals surface area contributed by atoms with Gasteiger partial charge in [-0.3, -0.25) is 9.59 Å². The first-order chi connectivity index (χ1) is 13.0. The summed E-state index contributed by atoms with van der Waals surface area (Å²) in [5, 5.41) is 15.7. The largest absolute Gasteiger partial charge is 0.497 e. The molecule has 1 aromatic heterocycles. The number of amides is 2. The number of rotatable bonds is 10. The van der Waals surface area contributed by atoms with Crippen molar-refractivity contribution in [1.82, 2.24) is 10.6 Å². The Hall–Kier alpha value is -3.00. The van der Waals surface area contributed by atoms with Gasteiger partial charge in [0.1, 0.15) is 11.5 Å². The molecule has 3 N–H and O–H groups in total. The minimum atomic E-state index is -0.933. The van der Waals surface area contributed by atoms with Gasteiger partial charge in [-0.2, -0.15) is 0 Å². The summed E-state index contributed by atoms with van der Waals surface area (Å²) in [6, 6.07) is 8.28. The Morgan fingerprint density at radius 2 is 2.00 bits per heavy atom. The molecule has 0 radical (unpaired) electrons. The van der Waals surface area contributed by atoms with Gasteiger partial charge in [-0.1, -0.05) is 0 Å². The van der Waals surface area contributed by atoms with Crippen LogP contribution in [0.2, 0.25) is 0 Å². The maximum Gasteiger partial charge on any atom is 0.286 e. The van der Waals surface area contributed by atoms with E-state index in [-0.39, 0.29) is 30.5 Å². The minimum absolute atomic E-state index is 0.0428. The van der Waals surface area contributed by atoms with Gasteiger partial charge in [0.15, 0.2) is 5.76 Å². The van der Waals surface area contributed by atoms with Gasteiger partial charge >= 0.3 is 0 Å². The van der Waals surface area contributed by atoms with Crippen LogP contribution in [0.1, 0.15) is 35.1 Å². The molecule has 2 amide bonds. The van der Waals surface area contributed by atoms with Crippen LogP contribution in [0.3, 0.4) is 0 Å². The molecule has 1 aromatic carbocycles. The first-order valence-corrected chi connectivity index (χ1v) is 8.53. The predicted octanol–water partition coefficient (Wildman–Crippen LogP) is 1.66. The van der Waals surface area contributed by atoms with Crippen molar-refractivity contribution in [2.45, 2.75) is 18.9 Å². The Labute approximate surface area is 157 Å². The van der Waals surface area contributed by atoms with E-state index in [1.165, 1.54) is 20.5 Å². The van der Waals surface area contributed by atoms with E-state index in [2.05, 4.69) is 10.6 Å². The van der Waals surface area contributed by atoms with Crippen molar-refractivity contribution < 1.29 is 28.6 Å². The molecule has 27 heavy (non-hydrogen) atoms. The van der Waals surface area contributed by atoms with Crippen LogP contribution in [-0.2, 0) is 4.79 Å². The zero-order valence-corrected chi connectivity index (χ0v) is 15.4. The van der Waals surface area contributed by atoms with Crippen molar-refractivity contribution in [3.8, 4) is 11.5 Å². The second-order valence-electron chi connectivity index (χ2n) is 5.76. The van der Waals surface area contributed by atoms with Crippen LogP contribution in [0.25, 0.3) is 0 Å². The van der Waals surface area contributed by atoms with Gasteiger partial charge in [-0.25, -0.2) is 0 Å². The summed E-state index contributed by atoms with van der Waals surface area (Å²) in [7, 11) is 3.04. The van der Waals surface area contributed by atoms with Crippen molar-refractivity contribution in [3.05, 3.63) is 47.9 Å². The molecule has 0 aliphatic carbocycles. The second kappa shape index (κ2) is 10.2. The van der Waals surface area contributed by atoms with Gasteiger partial charge in [-0.15, -0.1) is 0 Å². The molecule has 8 nitrogen and oxygen atoms in total. The molecule has 0 saturated carbocycles. The zero-order valence-electron chi connectivity index (χ0n) is 15.4. The highest BCUT2D eigenvalue weighted by Crippen LogP contribution is 2.29. The third-order valence-electron chi connectivity index (χ3n) is 3.90. The van der Waals surface area contributed by atoms with Crippen molar-refractivity contribution in [3.63, 3.8) is 0 Å². The van der Waals surface area contributed by atoms with Crippen LogP contribution in [0.4, 0.5) is 0 Å². The summed E-state index contributed by atoms with van der Waals surface area (Å²) >= 11 is 0. The highest BCUT2D eigenvalue weighted by molar-refractivity contribution is 5.91. The Bertz CT molecular complexity index is 745. The van der Waals surface area contributed by atoms with Crippen LogP contribution in [0.5, 0.6) is 11.5 Å². The number of aliphatic hydroxyl groups is 1. The van der Waals surface area contributed by atoms with E-state index in [0.29, 0.717) is 30.0 Å². The molecule has 2 rings (SSSR count). The quantitative estimate of drug-likeness (QED) is 0.544. The fraction of sp³-hybridized carbons (Fsp3) is 0.368. The van der Waals surface area contributed by atoms with Gasteiger partial charge in [0.05, 0.1) is 26.6 Å². The van der Waals surface area contributed by atoms with Crippen LogP contribution in [0.15, 0.2) is 41.0 Å². The fourth-order valence-electron chi connectivity index (χ4n) is 2.45. The standard InChI is InChI=1S/C19H24N2O6/c1-25-13-7-8-16(26-2)14(11-13)15(22)12-21-18(23)6-3-9-20-19(24)17-5-4-10-27-17/h4-5,7-8,10-11,15,22H,3,6,9,12H2,1-2H3,(H,20,24)(H,21,23). The highest BCUT2D eigenvalue weighted by Gasteiger charge is 2.16. The summed E-state index contributed by atoms with van der Waals surface area (Å²) in [6.07, 6.45) is 1.18.